The van der Waals surface area contributed by atoms with E-state index in [1.807, 2.05) is 6.07 Å². The van der Waals surface area contributed by atoms with E-state index in [0.29, 0.717) is 0 Å². The van der Waals surface area contributed by atoms with E-state index >= 15 is 0 Å². The Hall–Kier alpha value is -1.42. The van der Waals surface area contributed by atoms with Gasteiger partial charge in [0.15, 0.2) is 0 Å². The van der Waals surface area contributed by atoms with Gasteiger partial charge in [0.05, 0.1) is 17.4 Å². The van der Waals surface area contributed by atoms with Gasteiger partial charge in [0, 0.05) is 6.07 Å². The number of aromatic hydroxyl groups is 1. The van der Waals surface area contributed by atoms with Crippen molar-refractivity contribution < 1.29 is 10.2 Å². The maximum atomic E-state index is 10.1. The normalized spacial score (nSPS) is 20.8. The minimum absolute atomic E-state index is 0.0344. The quantitative estimate of drug-likeness (QED) is 0.454. The Bertz CT molecular complexity index is 448. The molecule has 1 aromatic rings. The molecule has 1 heterocycles. The highest BCUT2D eigenvalue weighted by molar-refractivity contribution is 5.73. The predicted molar refractivity (Wildman–Crippen MR) is 87.7 cm³/mol. The number of phenols is 1. The molecule has 2 atom stereocenters. The highest BCUT2D eigenvalue weighted by Gasteiger charge is 2.25. The Morgan fingerprint density at radius 2 is 1.81 bits per heavy atom. The second-order valence-corrected chi connectivity index (χ2v) is 6.46. The summed E-state index contributed by atoms with van der Waals surface area (Å²) in [6.07, 6.45) is 6.59. The van der Waals surface area contributed by atoms with Gasteiger partial charge in [0.2, 0.25) is 0 Å². The second kappa shape index (κ2) is 7.55. The highest BCUT2D eigenvalue weighted by atomic mass is 16.3. The van der Waals surface area contributed by atoms with Crippen molar-refractivity contribution in [1.82, 2.24) is 0 Å². The zero-order chi connectivity index (χ0) is 15.2. The molecule has 0 fully saturated rings. The summed E-state index contributed by atoms with van der Waals surface area (Å²) in [7, 11) is 0. The molecule has 0 spiro atoms. The summed E-state index contributed by atoms with van der Waals surface area (Å²) in [6.45, 7) is 4.53. The molecule has 2 unspecified atom stereocenters. The summed E-state index contributed by atoms with van der Waals surface area (Å²) in [5.41, 5.74) is 1.71. The monoisotopic (exact) mass is 292 g/mol. The number of rotatable bonds is 7. The van der Waals surface area contributed by atoms with Crippen molar-refractivity contribution in [2.24, 2.45) is 5.92 Å². The van der Waals surface area contributed by atoms with E-state index in [9.17, 15) is 10.2 Å². The minimum atomic E-state index is -0.602. The summed E-state index contributed by atoms with van der Waals surface area (Å²) in [5, 5.41) is 26.0. The molecule has 4 heteroatoms. The number of unbranched alkanes of at least 4 members (excludes halogenated alkanes) is 3. The van der Waals surface area contributed by atoms with Crippen LogP contribution in [-0.2, 0) is 0 Å². The molecule has 1 aliphatic heterocycles. The van der Waals surface area contributed by atoms with E-state index in [1.54, 1.807) is 12.1 Å². The number of fused-ring (bicyclic) bond motifs is 1. The molecule has 2 rings (SSSR count). The van der Waals surface area contributed by atoms with E-state index < -0.39 is 6.23 Å². The summed E-state index contributed by atoms with van der Waals surface area (Å²) in [5.74, 6) is 1.00. The molecular formula is C17H28N2O2. The van der Waals surface area contributed by atoms with Crippen LogP contribution in [0.4, 0.5) is 11.4 Å². The number of hydrogen-bond donors (Lipinski definition) is 4. The Labute approximate surface area is 127 Å². The topological polar surface area (TPSA) is 64.5 Å². The van der Waals surface area contributed by atoms with Crippen molar-refractivity contribution >= 4 is 11.4 Å². The van der Waals surface area contributed by atoms with Crippen LogP contribution in [0.5, 0.6) is 5.75 Å². The van der Waals surface area contributed by atoms with Crippen molar-refractivity contribution in [3.63, 3.8) is 0 Å². The van der Waals surface area contributed by atoms with E-state index in [2.05, 4.69) is 24.5 Å². The van der Waals surface area contributed by atoms with E-state index in [1.165, 1.54) is 25.7 Å². The van der Waals surface area contributed by atoms with Crippen molar-refractivity contribution in [2.45, 2.75) is 64.6 Å². The molecule has 0 saturated carbocycles. The van der Waals surface area contributed by atoms with Crippen LogP contribution in [0.1, 0.15) is 52.4 Å². The molecule has 0 aromatic heterocycles. The molecule has 4 N–H and O–H groups in total. The van der Waals surface area contributed by atoms with Crippen molar-refractivity contribution in [3.8, 4) is 5.75 Å². The van der Waals surface area contributed by atoms with Crippen LogP contribution in [0.2, 0.25) is 0 Å². The van der Waals surface area contributed by atoms with Crippen LogP contribution < -0.4 is 10.6 Å². The third-order valence-corrected chi connectivity index (χ3v) is 4.08. The summed E-state index contributed by atoms with van der Waals surface area (Å²) in [4.78, 5) is 0. The molecule has 0 bridgehead atoms. The second-order valence-electron chi connectivity index (χ2n) is 6.46. The van der Waals surface area contributed by atoms with Crippen molar-refractivity contribution in [3.05, 3.63) is 18.2 Å². The van der Waals surface area contributed by atoms with Crippen LogP contribution in [-0.4, -0.2) is 22.5 Å². The van der Waals surface area contributed by atoms with Gasteiger partial charge < -0.3 is 20.8 Å². The lowest BCUT2D eigenvalue weighted by molar-refractivity contribution is 0.171. The largest absolute Gasteiger partial charge is 0.508 e. The lowest BCUT2D eigenvalue weighted by Crippen LogP contribution is -2.42. The van der Waals surface area contributed by atoms with Crippen LogP contribution in [0.3, 0.4) is 0 Å². The summed E-state index contributed by atoms with van der Waals surface area (Å²) in [6, 6.07) is 5.17. The standard InChI is InChI=1S/C17H28N2O2/c1-12(2)7-5-3-4-6-8-15-17(21)19-16-11-13(20)9-10-14(16)18-15/h9-12,15,17-21H,3-8H2,1-2H3. The molecule has 4 nitrogen and oxygen atoms in total. The Balaban J connectivity index is 1.73. The average molecular weight is 292 g/mol. The fourth-order valence-corrected chi connectivity index (χ4v) is 2.82. The van der Waals surface area contributed by atoms with Gasteiger partial charge in [-0.05, 0) is 24.5 Å². The van der Waals surface area contributed by atoms with Crippen molar-refractivity contribution in [2.75, 3.05) is 10.6 Å². The number of aliphatic hydroxyl groups is 1. The van der Waals surface area contributed by atoms with E-state index in [0.717, 1.165) is 30.1 Å². The third kappa shape index (κ3) is 4.81. The zero-order valence-corrected chi connectivity index (χ0v) is 13.1. The van der Waals surface area contributed by atoms with Crippen LogP contribution >= 0.6 is 0 Å². The van der Waals surface area contributed by atoms with Crippen LogP contribution in [0, 0.1) is 5.92 Å². The maximum absolute atomic E-state index is 10.1. The van der Waals surface area contributed by atoms with Crippen LogP contribution in [0.15, 0.2) is 18.2 Å². The molecule has 118 valence electrons. The minimum Gasteiger partial charge on any atom is -0.508 e. The Morgan fingerprint density at radius 1 is 1.05 bits per heavy atom. The molecule has 0 radical (unpaired) electrons. The number of nitrogens with one attached hydrogen (secondary N) is 2. The summed E-state index contributed by atoms with van der Waals surface area (Å²) < 4.78 is 0. The highest BCUT2D eigenvalue weighted by Crippen LogP contribution is 2.32. The molecule has 0 amide bonds. The molecular weight excluding hydrogens is 264 g/mol. The Kier molecular flexibility index (Phi) is 5.74. The van der Waals surface area contributed by atoms with Gasteiger partial charge in [0.25, 0.3) is 0 Å². The van der Waals surface area contributed by atoms with Gasteiger partial charge in [-0.25, -0.2) is 0 Å². The van der Waals surface area contributed by atoms with Crippen molar-refractivity contribution in [1.29, 1.82) is 0 Å². The lowest BCUT2D eigenvalue weighted by atomic mass is 10.0. The number of anilines is 2. The summed E-state index contributed by atoms with van der Waals surface area (Å²) >= 11 is 0. The molecule has 0 saturated heterocycles. The first-order chi connectivity index (χ1) is 10.1. The Morgan fingerprint density at radius 3 is 2.57 bits per heavy atom. The van der Waals surface area contributed by atoms with Gasteiger partial charge in [0.1, 0.15) is 12.0 Å². The first-order valence-corrected chi connectivity index (χ1v) is 8.10. The predicted octanol–water partition coefficient (Wildman–Crippen LogP) is 3.91. The smallest absolute Gasteiger partial charge is 0.144 e. The zero-order valence-electron chi connectivity index (χ0n) is 13.1. The molecule has 1 aliphatic rings. The lowest BCUT2D eigenvalue weighted by Gasteiger charge is -2.33. The van der Waals surface area contributed by atoms with E-state index in [4.69, 9.17) is 0 Å². The van der Waals surface area contributed by atoms with Gasteiger partial charge >= 0.3 is 0 Å². The maximum Gasteiger partial charge on any atom is 0.144 e. The van der Waals surface area contributed by atoms with Gasteiger partial charge in [-0.1, -0.05) is 46.0 Å². The third-order valence-electron chi connectivity index (χ3n) is 4.08. The first kappa shape index (κ1) is 16.0. The first-order valence-electron chi connectivity index (χ1n) is 8.10. The van der Waals surface area contributed by atoms with Gasteiger partial charge in [-0.15, -0.1) is 0 Å². The average Bonchev–Trinajstić information content (AvgIpc) is 2.42. The van der Waals surface area contributed by atoms with Gasteiger partial charge in [-0.3, -0.25) is 0 Å². The van der Waals surface area contributed by atoms with Crippen LogP contribution in [0.25, 0.3) is 0 Å². The number of phenolic OH excluding ortho intramolecular Hbond substituents is 1. The SMILES string of the molecule is CC(C)CCCCCCC1Nc2ccc(O)cc2NC1O. The fraction of sp³-hybridized carbons (Fsp3) is 0.647. The van der Waals surface area contributed by atoms with Gasteiger partial charge in [-0.2, -0.15) is 0 Å². The fourth-order valence-electron chi connectivity index (χ4n) is 2.82. The number of hydrogen-bond acceptors (Lipinski definition) is 4. The molecule has 0 aliphatic carbocycles. The molecule has 1 aromatic carbocycles. The van der Waals surface area contributed by atoms with E-state index in [-0.39, 0.29) is 11.8 Å². The number of benzene rings is 1. The molecule has 21 heavy (non-hydrogen) atoms. The number of aliphatic hydroxyl groups excluding tert-OH is 1.